The fraction of sp³-hybridized carbons (Fsp3) is 0.316. The van der Waals surface area contributed by atoms with E-state index in [1.807, 2.05) is 0 Å². The molecule has 0 unspecified atom stereocenters. The molecule has 1 saturated heterocycles. The van der Waals surface area contributed by atoms with Crippen LogP contribution in [-0.4, -0.2) is 47.4 Å². The number of sulfonamides is 1. The van der Waals surface area contributed by atoms with E-state index in [1.165, 1.54) is 37.4 Å². The highest BCUT2D eigenvalue weighted by Gasteiger charge is 2.29. The molecule has 1 aliphatic heterocycles. The van der Waals surface area contributed by atoms with Gasteiger partial charge in [-0.05, 0) is 55.3 Å². The Morgan fingerprint density at radius 1 is 1.14 bits per heavy atom. The lowest BCUT2D eigenvalue weighted by Crippen LogP contribution is -2.35. The zero-order valence-corrected chi connectivity index (χ0v) is 17.6. The van der Waals surface area contributed by atoms with Gasteiger partial charge in [0, 0.05) is 17.3 Å². The summed E-state index contributed by atoms with van der Waals surface area (Å²) in [4.78, 5) is 12.3. The maximum Gasteiger partial charge on any atom is 0.265 e. The van der Waals surface area contributed by atoms with Crippen LogP contribution >= 0.6 is 0 Å². The first kappa shape index (κ1) is 21.1. The Morgan fingerprint density at radius 2 is 1.83 bits per heavy atom. The van der Waals surface area contributed by atoms with Gasteiger partial charge in [-0.25, -0.2) is 16.8 Å². The van der Waals surface area contributed by atoms with Crippen molar-refractivity contribution in [3.05, 3.63) is 53.6 Å². The van der Waals surface area contributed by atoms with Crippen LogP contribution in [0.25, 0.3) is 0 Å². The smallest absolute Gasteiger partial charge is 0.265 e. The number of ether oxygens (including phenoxy) is 1. The lowest BCUT2D eigenvalue weighted by atomic mass is 10.1. The number of aryl methyl sites for hydroxylation is 1. The summed E-state index contributed by atoms with van der Waals surface area (Å²) >= 11 is 0. The van der Waals surface area contributed by atoms with Crippen LogP contribution < -0.4 is 14.8 Å². The lowest BCUT2D eigenvalue weighted by molar-refractivity contribution is 0.0941. The number of benzene rings is 2. The summed E-state index contributed by atoms with van der Waals surface area (Å²) in [6.45, 7) is 1.78. The monoisotopic (exact) mass is 438 g/mol. The second kappa shape index (κ2) is 8.03. The van der Waals surface area contributed by atoms with Crippen molar-refractivity contribution < 1.29 is 26.4 Å². The molecule has 2 N–H and O–H groups in total. The molecule has 156 valence electrons. The van der Waals surface area contributed by atoms with Crippen LogP contribution in [0.3, 0.4) is 0 Å². The third-order valence-electron chi connectivity index (χ3n) is 4.58. The summed E-state index contributed by atoms with van der Waals surface area (Å²) < 4.78 is 56.0. The van der Waals surface area contributed by atoms with Gasteiger partial charge in [0.2, 0.25) is 0 Å². The van der Waals surface area contributed by atoms with E-state index in [0.29, 0.717) is 12.0 Å². The number of nitrogens with one attached hydrogen (secondary N) is 2. The number of sulfone groups is 1. The minimum atomic E-state index is -3.89. The minimum absolute atomic E-state index is 0.0178. The van der Waals surface area contributed by atoms with Crippen molar-refractivity contribution in [2.24, 2.45) is 0 Å². The summed E-state index contributed by atoms with van der Waals surface area (Å²) in [7, 11) is -5.58. The SMILES string of the molecule is COc1ccc(C)cc1S(=O)(=O)Nc1ccc(C(=O)N[C@H]2CCS(=O)(=O)C2)cc1. The second-order valence-electron chi connectivity index (χ2n) is 6.91. The zero-order chi connectivity index (χ0) is 21.2. The number of anilines is 1. The first-order chi connectivity index (χ1) is 13.6. The van der Waals surface area contributed by atoms with Gasteiger partial charge in [-0.3, -0.25) is 9.52 Å². The number of methoxy groups -OCH3 is 1. The Kier molecular flexibility index (Phi) is 5.85. The molecule has 2 aromatic rings. The molecule has 0 aromatic heterocycles. The summed E-state index contributed by atoms with van der Waals surface area (Å²) in [6, 6.07) is 10.3. The number of carbonyl (C=O) groups is 1. The summed E-state index contributed by atoms with van der Waals surface area (Å²) in [5.41, 5.74) is 1.37. The molecule has 0 bridgehead atoms. The summed E-state index contributed by atoms with van der Waals surface area (Å²) in [6.07, 6.45) is 0.393. The van der Waals surface area contributed by atoms with Crippen molar-refractivity contribution >= 4 is 31.5 Å². The molecule has 8 nitrogen and oxygen atoms in total. The molecule has 1 aliphatic rings. The van der Waals surface area contributed by atoms with Gasteiger partial charge in [-0.2, -0.15) is 0 Å². The maximum absolute atomic E-state index is 12.7. The van der Waals surface area contributed by atoms with E-state index in [1.54, 1.807) is 19.1 Å². The van der Waals surface area contributed by atoms with Gasteiger partial charge < -0.3 is 10.1 Å². The molecule has 0 radical (unpaired) electrons. The second-order valence-corrected chi connectivity index (χ2v) is 10.8. The van der Waals surface area contributed by atoms with Crippen LogP contribution in [0.1, 0.15) is 22.3 Å². The Bertz CT molecular complexity index is 1130. The van der Waals surface area contributed by atoms with E-state index in [9.17, 15) is 21.6 Å². The van der Waals surface area contributed by atoms with Crippen LogP contribution in [0.4, 0.5) is 5.69 Å². The fourth-order valence-corrected chi connectivity index (χ4v) is 6.06. The molecule has 0 aliphatic carbocycles. The van der Waals surface area contributed by atoms with Gasteiger partial charge in [0.15, 0.2) is 9.84 Å². The quantitative estimate of drug-likeness (QED) is 0.709. The van der Waals surface area contributed by atoms with Gasteiger partial charge in [0.1, 0.15) is 10.6 Å². The molecular weight excluding hydrogens is 416 g/mol. The molecule has 1 atom stereocenters. The molecule has 0 saturated carbocycles. The minimum Gasteiger partial charge on any atom is -0.495 e. The number of carbonyl (C=O) groups excluding carboxylic acids is 1. The van der Waals surface area contributed by atoms with E-state index < -0.39 is 31.8 Å². The third-order valence-corrected chi connectivity index (χ3v) is 7.75. The van der Waals surface area contributed by atoms with Gasteiger partial charge in [0.05, 0.1) is 18.6 Å². The first-order valence-electron chi connectivity index (χ1n) is 8.88. The van der Waals surface area contributed by atoms with Gasteiger partial charge in [-0.1, -0.05) is 6.07 Å². The van der Waals surface area contributed by atoms with Crippen LogP contribution in [0.5, 0.6) is 5.75 Å². The van der Waals surface area contributed by atoms with Gasteiger partial charge in [0.25, 0.3) is 15.9 Å². The van der Waals surface area contributed by atoms with Crippen LogP contribution in [0.15, 0.2) is 47.4 Å². The number of rotatable bonds is 6. The molecule has 1 fully saturated rings. The Balaban J connectivity index is 1.72. The van der Waals surface area contributed by atoms with Crippen molar-refractivity contribution in [1.29, 1.82) is 0 Å². The van der Waals surface area contributed by atoms with Crippen LogP contribution in [0, 0.1) is 6.92 Å². The predicted octanol–water partition coefficient (Wildman–Crippen LogP) is 1.72. The topological polar surface area (TPSA) is 119 Å². The maximum atomic E-state index is 12.7. The molecular formula is C19H22N2O6S2. The van der Waals surface area contributed by atoms with Crippen LogP contribution in [0.2, 0.25) is 0 Å². The highest BCUT2D eigenvalue weighted by molar-refractivity contribution is 7.92. The van der Waals surface area contributed by atoms with Crippen molar-refractivity contribution in [3.8, 4) is 5.75 Å². The van der Waals surface area contributed by atoms with Crippen molar-refractivity contribution in [2.75, 3.05) is 23.3 Å². The predicted molar refractivity (Wildman–Crippen MR) is 110 cm³/mol. The molecule has 2 aromatic carbocycles. The lowest BCUT2D eigenvalue weighted by Gasteiger charge is -2.13. The third kappa shape index (κ3) is 5.07. The molecule has 1 heterocycles. The Labute approximate surface area is 170 Å². The molecule has 0 spiro atoms. The van der Waals surface area contributed by atoms with E-state index in [-0.39, 0.29) is 27.8 Å². The largest absolute Gasteiger partial charge is 0.495 e. The average Bonchev–Trinajstić information content (AvgIpc) is 3.00. The molecule has 3 rings (SSSR count). The highest BCUT2D eigenvalue weighted by Crippen LogP contribution is 2.27. The van der Waals surface area contributed by atoms with Crippen molar-refractivity contribution in [1.82, 2.24) is 5.32 Å². The number of amides is 1. The standard InChI is InChI=1S/C19H22N2O6S2/c1-13-3-8-17(27-2)18(11-13)29(25,26)21-15-6-4-14(5-7-15)19(22)20-16-9-10-28(23,24)12-16/h3-8,11,16,21H,9-10,12H2,1-2H3,(H,20,22)/t16-/m0/s1. The number of hydrogen-bond acceptors (Lipinski definition) is 6. The van der Waals surface area contributed by atoms with E-state index in [2.05, 4.69) is 10.0 Å². The summed E-state index contributed by atoms with van der Waals surface area (Å²) in [5, 5.41) is 2.69. The molecule has 29 heavy (non-hydrogen) atoms. The van der Waals surface area contributed by atoms with Gasteiger partial charge in [-0.15, -0.1) is 0 Å². The van der Waals surface area contributed by atoms with Crippen LogP contribution in [-0.2, 0) is 19.9 Å². The zero-order valence-electron chi connectivity index (χ0n) is 16.0. The van der Waals surface area contributed by atoms with Gasteiger partial charge >= 0.3 is 0 Å². The Hall–Kier alpha value is -2.59. The normalized spacial score (nSPS) is 18.2. The molecule has 1 amide bonds. The molecule has 10 heteroatoms. The van der Waals surface area contributed by atoms with E-state index in [0.717, 1.165) is 5.56 Å². The van der Waals surface area contributed by atoms with E-state index in [4.69, 9.17) is 4.74 Å². The average molecular weight is 439 g/mol. The fourth-order valence-electron chi connectivity index (χ4n) is 3.07. The number of hydrogen-bond donors (Lipinski definition) is 2. The summed E-state index contributed by atoms with van der Waals surface area (Å²) in [5.74, 6) is -0.164. The first-order valence-corrected chi connectivity index (χ1v) is 12.2. The Morgan fingerprint density at radius 3 is 2.41 bits per heavy atom. The van der Waals surface area contributed by atoms with Crippen molar-refractivity contribution in [3.63, 3.8) is 0 Å². The highest BCUT2D eigenvalue weighted by atomic mass is 32.2. The van der Waals surface area contributed by atoms with Crippen molar-refractivity contribution in [2.45, 2.75) is 24.3 Å². The van der Waals surface area contributed by atoms with E-state index >= 15 is 0 Å².